The predicted molar refractivity (Wildman–Crippen MR) is 43.9 cm³/mol. The summed E-state index contributed by atoms with van der Waals surface area (Å²) in [4.78, 5) is 10.2. The molecule has 1 aromatic heterocycles. The quantitative estimate of drug-likeness (QED) is 0.590. The van der Waals surface area contributed by atoms with E-state index in [1.807, 2.05) is 0 Å². The first-order chi connectivity index (χ1) is 5.97. The predicted octanol–water partition coefficient (Wildman–Crippen LogP) is 0.113. The van der Waals surface area contributed by atoms with Crippen LogP contribution in [0.5, 0.6) is 0 Å². The minimum atomic E-state index is 0.768. The lowest BCUT2D eigenvalue weighted by Gasteiger charge is -2.26. The minimum Gasteiger partial charge on any atom is -0.378 e. The lowest BCUT2D eigenvalue weighted by molar-refractivity contribution is 0.122. The molecule has 1 aliphatic rings. The van der Waals surface area contributed by atoms with Gasteiger partial charge in [-0.15, -0.1) is 0 Å². The maximum Gasteiger partial charge on any atom is 0.157 e. The van der Waals surface area contributed by atoms with Crippen molar-refractivity contribution in [3.63, 3.8) is 0 Å². The van der Waals surface area contributed by atoms with Crippen LogP contribution >= 0.6 is 0 Å². The largest absolute Gasteiger partial charge is 0.378 e. The fraction of sp³-hybridized carbons (Fsp3) is 0.500. The first kappa shape index (κ1) is 7.49. The molecule has 12 heavy (non-hydrogen) atoms. The van der Waals surface area contributed by atoms with Gasteiger partial charge in [0.2, 0.25) is 0 Å². The standard InChI is InChI=1S/C8H10N3O/c1-2-10-8(7-9-1)11-3-5-12-6-4-11/h1-2H,3-6H2. The Labute approximate surface area is 71.2 Å². The van der Waals surface area contributed by atoms with Crippen LogP contribution in [-0.4, -0.2) is 36.3 Å². The lowest BCUT2D eigenvalue weighted by atomic mass is 10.4. The Morgan fingerprint density at radius 3 is 2.83 bits per heavy atom. The van der Waals surface area contributed by atoms with E-state index in [9.17, 15) is 0 Å². The number of ether oxygens (including phenoxy) is 1. The zero-order chi connectivity index (χ0) is 8.23. The van der Waals surface area contributed by atoms with Crippen LogP contribution < -0.4 is 4.90 Å². The Hall–Kier alpha value is -1.16. The summed E-state index contributed by atoms with van der Waals surface area (Å²) < 4.78 is 5.22. The van der Waals surface area contributed by atoms with E-state index in [-0.39, 0.29) is 0 Å². The highest BCUT2D eigenvalue weighted by atomic mass is 16.5. The number of rotatable bonds is 1. The summed E-state index contributed by atoms with van der Waals surface area (Å²) >= 11 is 0. The zero-order valence-electron chi connectivity index (χ0n) is 6.73. The SMILES string of the molecule is [c]1nccnc1N1CCOCC1. The molecule has 0 atom stereocenters. The molecule has 0 aliphatic carbocycles. The summed E-state index contributed by atoms with van der Waals surface area (Å²) in [6.45, 7) is 3.30. The van der Waals surface area contributed by atoms with Crippen LogP contribution in [0.1, 0.15) is 0 Å². The van der Waals surface area contributed by atoms with Crippen LogP contribution in [0, 0.1) is 6.20 Å². The maximum atomic E-state index is 5.22. The first-order valence-electron chi connectivity index (χ1n) is 3.98. The van der Waals surface area contributed by atoms with E-state index in [0.717, 1.165) is 32.1 Å². The average Bonchev–Trinajstić information content (AvgIpc) is 2.21. The van der Waals surface area contributed by atoms with E-state index >= 15 is 0 Å². The summed E-state index contributed by atoms with van der Waals surface area (Å²) in [5.74, 6) is 0.820. The molecule has 0 spiro atoms. The first-order valence-corrected chi connectivity index (χ1v) is 3.98. The van der Waals surface area contributed by atoms with Crippen molar-refractivity contribution in [2.24, 2.45) is 0 Å². The van der Waals surface area contributed by atoms with Crippen LogP contribution in [0.3, 0.4) is 0 Å². The van der Waals surface area contributed by atoms with Gasteiger partial charge in [0, 0.05) is 25.5 Å². The molecule has 2 heterocycles. The lowest BCUT2D eigenvalue weighted by Crippen LogP contribution is -2.36. The van der Waals surface area contributed by atoms with Gasteiger partial charge >= 0.3 is 0 Å². The molecule has 0 bridgehead atoms. The maximum absolute atomic E-state index is 5.22. The van der Waals surface area contributed by atoms with Crippen LogP contribution in [0.4, 0.5) is 5.82 Å². The molecule has 2 rings (SSSR count). The Bertz CT molecular complexity index is 233. The topological polar surface area (TPSA) is 38.2 Å². The van der Waals surface area contributed by atoms with Crippen molar-refractivity contribution in [1.82, 2.24) is 9.97 Å². The summed E-state index contributed by atoms with van der Waals surface area (Å²) in [5, 5.41) is 0. The van der Waals surface area contributed by atoms with Gasteiger partial charge in [0.25, 0.3) is 0 Å². The highest BCUT2D eigenvalue weighted by Gasteiger charge is 2.11. The van der Waals surface area contributed by atoms with Gasteiger partial charge in [-0.25, -0.2) is 9.97 Å². The molecule has 1 saturated heterocycles. The second-order valence-corrected chi connectivity index (χ2v) is 2.59. The van der Waals surface area contributed by atoms with Crippen LogP contribution in [0.2, 0.25) is 0 Å². The molecule has 1 aliphatic heterocycles. The van der Waals surface area contributed by atoms with Crippen molar-refractivity contribution in [2.45, 2.75) is 0 Å². The van der Waals surface area contributed by atoms with Crippen molar-refractivity contribution in [3.05, 3.63) is 18.6 Å². The molecule has 1 aromatic rings. The monoisotopic (exact) mass is 164 g/mol. The summed E-state index contributed by atoms with van der Waals surface area (Å²) in [6.07, 6.45) is 6.16. The highest BCUT2D eigenvalue weighted by molar-refractivity contribution is 5.33. The van der Waals surface area contributed by atoms with Gasteiger partial charge in [-0.05, 0) is 0 Å². The highest BCUT2D eigenvalue weighted by Crippen LogP contribution is 2.08. The van der Waals surface area contributed by atoms with Crippen LogP contribution in [0.15, 0.2) is 12.4 Å². The van der Waals surface area contributed by atoms with E-state index in [0.29, 0.717) is 0 Å². The number of nitrogens with zero attached hydrogens (tertiary/aromatic N) is 3. The van der Waals surface area contributed by atoms with Crippen LogP contribution in [0.25, 0.3) is 0 Å². The third-order valence-electron chi connectivity index (χ3n) is 1.81. The molecular weight excluding hydrogens is 154 g/mol. The Balaban J connectivity index is 2.08. The van der Waals surface area contributed by atoms with Crippen molar-refractivity contribution in [1.29, 1.82) is 0 Å². The molecule has 0 N–H and O–H groups in total. The van der Waals surface area contributed by atoms with Gasteiger partial charge < -0.3 is 9.64 Å². The number of morpholine rings is 1. The van der Waals surface area contributed by atoms with Gasteiger partial charge in [0.15, 0.2) is 5.82 Å². The molecule has 4 nitrogen and oxygen atoms in total. The normalized spacial score (nSPS) is 17.8. The number of aromatic nitrogens is 2. The number of hydrogen-bond acceptors (Lipinski definition) is 4. The Morgan fingerprint density at radius 2 is 2.17 bits per heavy atom. The fourth-order valence-electron chi connectivity index (χ4n) is 1.19. The number of hydrogen-bond donors (Lipinski definition) is 0. The van der Waals surface area contributed by atoms with Crippen LogP contribution in [-0.2, 0) is 4.74 Å². The van der Waals surface area contributed by atoms with Crippen molar-refractivity contribution < 1.29 is 4.74 Å². The van der Waals surface area contributed by atoms with Gasteiger partial charge in [-0.2, -0.15) is 0 Å². The molecule has 1 radical (unpaired) electrons. The van der Waals surface area contributed by atoms with Gasteiger partial charge in [-0.3, -0.25) is 0 Å². The molecule has 0 aromatic carbocycles. The zero-order valence-corrected chi connectivity index (χ0v) is 6.73. The molecule has 4 heteroatoms. The summed E-state index contributed by atoms with van der Waals surface area (Å²) in [5.41, 5.74) is 0. The minimum absolute atomic E-state index is 0.768. The third-order valence-corrected chi connectivity index (χ3v) is 1.81. The Morgan fingerprint density at radius 1 is 1.33 bits per heavy atom. The van der Waals surface area contributed by atoms with Gasteiger partial charge in [0.05, 0.1) is 13.2 Å². The van der Waals surface area contributed by atoms with Crippen molar-refractivity contribution >= 4 is 5.82 Å². The van der Waals surface area contributed by atoms with E-state index in [4.69, 9.17) is 4.74 Å². The van der Waals surface area contributed by atoms with Gasteiger partial charge in [-0.1, -0.05) is 0 Å². The van der Waals surface area contributed by atoms with E-state index in [2.05, 4.69) is 21.1 Å². The summed E-state index contributed by atoms with van der Waals surface area (Å²) in [7, 11) is 0. The second kappa shape index (κ2) is 3.49. The molecule has 0 unspecified atom stereocenters. The van der Waals surface area contributed by atoms with E-state index in [1.165, 1.54) is 0 Å². The molecule has 1 fully saturated rings. The number of anilines is 1. The Kier molecular flexibility index (Phi) is 2.18. The van der Waals surface area contributed by atoms with E-state index < -0.39 is 0 Å². The van der Waals surface area contributed by atoms with E-state index in [1.54, 1.807) is 12.4 Å². The fourth-order valence-corrected chi connectivity index (χ4v) is 1.19. The average molecular weight is 164 g/mol. The second-order valence-electron chi connectivity index (χ2n) is 2.59. The molecule has 63 valence electrons. The van der Waals surface area contributed by atoms with Crippen molar-refractivity contribution in [3.8, 4) is 0 Å². The smallest absolute Gasteiger partial charge is 0.157 e. The van der Waals surface area contributed by atoms with Gasteiger partial charge in [0.1, 0.15) is 6.20 Å². The third kappa shape index (κ3) is 1.53. The summed E-state index contributed by atoms with van der Waals surface area (Å²) in [6, 6.07) is 0. The molecule has 0 saturated carbocycles. The molecular formula is C8H10N3O. The molecule has 0 amide bonds. The van der Waals surface area contributed by atoms with Crippen molar-refractivity contribution in [2.75, 3.05) is 31.2 Å².